The van der Waals surface area contributed by atoms with E-state index in [2.05, 4.69) is 0 Å². The Morgan fingerprint density at radius 2 is 1.52 bits per heavy atom. The molecule has 3 aromatic rings. The summed E-state index contributed by atoms with van der Waals surface area (Å²) in [6, 6.07) is 14.6. The number of aromatic carboxylic acids is 1. The van der Waals surface area contributed by atoms with Gasteiger partial charge in [-0.2, -0.15) is 0 Å². The van der Waals surface area contributed by atoms with Crippen LogP contribution in [0.3, 0.4) is 0 Å². The standard InChI is InChI=1S/C33H28ClF2NO5/c34-25-11-12-26(35)31(32(25)36)24-13-14-37(30(40)18-24)27(29(39)17-21-5-7-23(8-6-21)33(41)42)15-19-1-3-20(4-2-19)16-28(38)22-9-10-22/h1-8,11-12,18,22,27H,9-10,13-17H2,(H,41,42)/t27-/m0/s1. The Kier molecular flexibility index (Phi) is 8.64. The van der Waals surface area contributed by atoms with Crippen molar-refractivity contribution in [1.29, 1.82) is 0 Å². The molecule has 1 aliphatic carbocycles. The Morgan fingerprint density at radius 1 is 0.905 bits per heavy atom. The number of hydrogen-bond donors (Lipinski definition) is 1. The van der Waals surface area contributed by atoms with Crippen LogP contribution < -0.4 is 0 Å². The summed E-state index contributed by atoms with van der Waals surface area (Å²) in [7, 11) is 0. The van der Waals surface area contributed by atoms with Crippen molar-refractivity contribution in [3.8, 4) is 0 Å². The Balaban J connectivity index is 1.39. The molecule has 6 nitrogen and oxygen atoms in total. The third-order valence-corrected chi connectivity index (χ3v) is 8.05. The molecule has 9 heteroatoms. The maximum Gasteiger partial charge on any atom is 0.335 e. The van der Waals surface area contributed by atoms with E-state index < -0.39 is 29.6 Å². The van der Waals surface area contributed by atoms with Crippen LogP contribution in [0, 0.1) is 17.6 Å². The van der Waals surface area contributed by atoms with Crippen LogP contribution >= 0.6 is 11.6 Å². The molecule has 0 radical (unpaired) electrons. The third kappa shape index (κ3) is 6.65. The fraction of sp³-hybridized carbons (Fsp3) is 0.273. The van der Waals surface area contributed by atoms with E-state index in [1.54, 1.807) is 12.1 Å². The molecule has 0 saturated heterocycles. The van der Waals surface area contributed by atoms with Gasteiger partial charge >= 0.3 is 5.97 Å². The molecule has 1 heterocycles. The fourth-order valence-electron chi connectivity index (χ4n) is 5.23. The monoisotopic (exact) mass is 591 g/mol. The molecule has 1 saturated carbocycles. The molecule has 0 spiro atoms. The first-order chi connectivity index (χ1) is 20.1. The van der Waals surface area contributed by atoms with Crippen molar-refractivity contribution >= 4 is 40.6 Å². The molecule has 0 aromatic heterocycles. The quantitative estimate of drug-likeness (QED) is 0.281. The van der Waals surface area contributed by atoms with E-state index >= 15 is 0 Å². The highest BCUT2D eigenvalue weighted by Crippen LogP contribution is 2.33. The molecule has 42 heavy (non-hydrogen) atoms. The minimum absolute atomic E-state index is 0.0452. The van der Waals surface area contributed by atoms with Gasteiger partial charge in [0.2, 0.25) is 5.91 Å². The van der Waals surface area contributed by atoms with E-state index in [1.165, 1.54) is 17.0 Å². The molecule has 1 fully saturated rings. The van der Waals surface area contributed by atoms with Crippen molar-refractivity contribution in [3.05, 3.63) is 111 Å². The van der Waals surface area contributed by atoms with Gasteiger partial charge < -0.3 is 10.0 Å². The molecular weight excluding hydrogens is 564 g/mol. The lowest BCUT2D eigenvalue weighted by atomic mass is 9.92. The predicted molar refractivity (Wildman–Crippen MR) is 153 cm³/mol. The molecule has 1 aliphatic heterocycles. The largest absolute Gasteiger partial charge is 0.478 e. The van der Waals surface area contributed by atoms with Gasteiger partial charge in [-0.05, 0) is 72.2 Å². The van der Waals surface area contributed by atoms with Gasteiger partial charge in [0.15, 0.2) is 11.6 Å². The lowest BCUT2D eigenvalue weighted by Gasteiger charge is -2.34. The zero-order valence-electron chi connectivity index (χ0n) is 22.6. The molecule has 1 atom stereocenters. The lowest BCUT2D eigenvalue weighted by Crippen LogP contribution is -2.48. The number of carboxylic acids is 1. The van der Waals surface area contributed by atoms with Crippen molar-refractivity contribution in [3.63, 3.8) is 0 Å². The molecule has 5 rings (SSSR count). The van der Waals surface area contributed by atoms with E-state index in [1.807, 2.05) is 24.3 Å². The average molecular weight is 592 g/mol. The van der Waals surface area contributed by atoms with E-state index in [0.717, 1.165) is 42.2 Å². The van der Waals surface area contributed by atoms with Gasteiger partial charge in [-0.15, -0.1) is 0 Å². The number of benzene rings is 3. The van der Waals surface area contributed by atoms with Crippen LogP contribution in [0.4, 0.5) is 8.78 Å². The molecule has 0 bridgehead atoms. The minimum Gasteiger partial charge on any atom is -0.478 e. The Labute approximate surface area is 246 Å². The summed E-state index contributed by atoms with van der Waals surface area (Å²) in [5.41, 5.74) is 2.15. The van der Waals surface area contributed by atoms with Gasteiger partial charge in [0.05, 0.1) is 22.2 Å². The first-order valence-electron chi connectivity index (χ1n) is 13.7. The molecular formula is C33H28ClF2NO5. The fourth-order valence-corrected chi connectivity index (χ4v) is 5.39. The second-order valence-corrected chi connectivity index (χ2v) is 11.2. The topological polar surface area (TPSA) is 91.8 Å². The van der Waals surface area contributed by atoms with Crippen molar-refractivity contribution in [2.24, 2.45) is 5.92 Å². The predicted octanol–water partition coefficient (Wildman–Crippen LogP) is 5.88. The SMILES string of the molecule is O=C(O)c1ccc(CC(=O)[C@H](Cc2ccc(CC(=O)C3CC3)cc2)N2CCC(c3c(F)ccc(Cl)c3F)=CC2=O)cc1. The van der Waals surface area contributed by atoms with Gasteiger partial charge in [0.1, 0.15) is 11.6 Å². The third-order valence-electron chi connectivity index (χ3n) is 7.76. The van der Waals surface area contributed by atoms with Crippen LogP contribution in [0.1, 0.15) is 51.9 Å². The second-order valence-electron chi connectivity index (χ2n) is 10.8. The summed E-state index contributed by atoms with van der Waals surface area (Å²) in [5, 5.41) is 8.91. The number of Topliss-reactive ketones (excluding diaryl/α,β-unsaturated/α-hetero) is 2. The number of rotatable bonds is 11. The number of carbonyl (C=O) groups excluding carboxylic acids is 3. The number of ketones is 2. The van der Waals surface area contributed by atoms with Gasteiger partial charge in [-0.1, -0.05) is 48.0 Å². The van der Waals surface area contributed by atoms with Crippen LogP contribution in [0.2, 0.25) is 5.02 Å². The van der Waals surface area contributed by atoms with E-state index in [9.17, 15) is 33.1 Å². The van der Waals surface area contributed by atoms with Crippen molar-refractivity contribution in [2.75, 3.05) is 6.54 Å². The van der Waals surface area contributed by atoms with E-state index in [4.69, 9.17) is 11.6 Å². The minimum atomic E-state index is -1.08. The van der Waals surface area contributed by atoms with Crippen LogP contribution in [0.5, 0.6) is 0 Å². The number of hydrogen-bond acceptors (Lipinski definition) is 4. The zero-order valence-corrected chi connectivity index (χ0v) is 23.4. The van der Waals surface area contributed by atoms with Crippen LogP contribution in [0.25, 0.3) is 5.57 Å². The maximum absolute atomic E-state index is 14.7. The Hall–Kier alpha value is -4.17. The highest BCUT2D eigenvalue weighted by Gasteiger charge is 2.33. The molecule has 216 valence electrons. The number of halogens is 3. The van der Waals surface area contributed by atoms with Crippen molar-refractivity contribution in [1.82, 2.24) is 4.90 Å². The molecule has 2 aliphatic rings. The molecule has 3 aromatic carbocycles. The number of nitrogens with zero attached hydrogens (tertiary/aromatic N) is 1. The summed E-state index contributed by atoms with van der Waals surface area (Å²) < 4.78 is 29.2. The first-order valence-corrected chi connectivity index (χ1v) is 14.1. The van der Waals surface area contributed by atoms with Crippen molar-refractivity contribution < 1.29 is 33.1 Å². The lowest BCUT2D eigenvalue weighted by molar-refractivity contribution is -0.136. The van der Waals surface area contributed by atoms with Gasteiger partial charge in [-0.3, -0.25) is 14.4 Å². The maximum atomic E-state index is 14.7. The molecule has 1 N–H and O–H groups in total. The van der Waals surface area contributed by atoms with Gasteiger partial charge in [-0.25, -0.2) is 13.6 Å². The normalized spacial score (nSPS) is 15.7. The van der Waals surface area contributed by atoms with Crippen LogP contribution in [-0.2, 0) is 33.6 Å². The summed E-state index contributed by atoms with van der Waals surface area (Å²) in [6.07, 6.45) is 3.64. The average Bonchev–Trinajstić information content (AvgIpc) is 3.81. The highest BCUT2D eigenvalue weighted by molar-refractivity contribution is 6.31. The van der Waals surface area contributed by atoms with Crippen molar-refractivity contribution in [2.45, 2.75) is 44.6 Å². The number of amides is 1. The molecule has 1 amide bonds. The summed E-state index contributed by atoms with van der Waals surface area (Å²) >= 11 is 5.85. The van der Waals surface area contributed by atoms with E-state index in [0.29, 0.717) is 12.0 Å². The zero-order chi connectivity index (χ0) is 30.0. The smallest absolute Gasteiger partial charge is 0.335 e. The summed E-state index contributed by atoms with van der Waals surface area (Å²) in [5.74, 6) is -3.30. The number of carbonyl (C=O) groups is 4. The first kappa shape index (κ1) is 29.3. The van der Waals surface area contributed by atoms with E-state index in [-0.39, 0.29) is 65.0 Å². The van der Waals surface area contributed by atoms with Gasteiger partial charge in [0.25, 0.3) is 0 Å². The molecule has 0 unspecified atom stereocenters. The summed E-state index contributed by atoms with van der Waals surface area (Å²) in [6.45, 7) is 0.0540. The van der Waals surface area contributed by atoms with Crippen LogP contribution in [-0.4, -0.2) is 46.0 Å². The number of carboxylic acid groups (broad SMARTS) is 1. The van der Waals surface area contributed by atoms with Crippen LogP contribution in [0.15, 0.2) is 66.7 Å². The summed E-state index contributed by atoms with van der Waals surface area (Å²) in [4.78, 5) is 51.8. The Morgan fingerprint density at radius 3 is 2.14 bits per heavy atom. The second kappa shape index (κ2) is 12.4. The highest BCUT2D eigenvalue weighted by atomic mass is 35.5. The Bertz CT molecular complexity index is 1580. The van der Waals surface area contributed by atoms with Gasteiger partial charge in [0, 0.05) is 31.4 Å².